The Morgan fingerprint density at radius 1 is 1.19 bits per heavy atom. The van der Waals surface area contributed by atoms with Gasteiger partial charge in [-0.3, -0.25) is 24.4 Å². The number of carboxylic acids is 1. The molecular weight excluding hydrogens is 313 g/mol. The summed E-state index contributed by atoms with van der Waals surface area (Å²) in [6.07, 6.45) is -3.24. The number of phosphoric ester groups is 1. The van der Waals surface area contributed by atoms with Gasteiger partial charge in [0.05, 0.1) is 6.61 Å². The molecule has 0 bridgehead atoms. The molecule has 0 rings (SSSR count). The normalized spacial score (nSPS) is 16.4. The summed E-state index contributed by atoms with van der Waals surface area (Å²) in [5, 5.41) is 8.42. The van der Waals surface area contributed by atoms with E-state index in [-0.39, 0.29) is 0 Å². The van der Waals surface area contributed by atoms with Crippen molar-refractivity contribution in [2.75, 3.05) is 13.2 Å². The molecule has 3 atom stereocenters. The van der Waals surface area contributed by atoms with Crippen LogP contribution in [0.3, 0.4) is 0 Å². The molecule has 0 aliphatic heterocycles. The van der Waals surface area contributed by atoms with Crippen molar-refractivity contribution in [3.63, 3.8) is 0 Å². The number of carbonyl (C=O) groups excluding carboxylic acids is 2. The van der Waals surface area contributed by atoms with Gasteiger partial charge in [0.15, 0.2) is 6.10 Å². The van der Waals surface area contributed by atoms with E-state index in [1.807, 2.05) is 0 Å². The summed E-state index contributed by atoms with van der Waals surface area (Å²) in [6, 6.07) is 0. The van der Waals surface area contributed by atoms with Crippen molar-refractivity contribution in [3.05, 3.63) is 0 Å². The Bertz CT molecular complexity index is 438. The van der Waals surface area contributed by atoms with E-state index in [9.17, 15) is 23.8 Å². The SMILES string of the molecule is CC(=O)OC[C@H](COP(=O)(O)OC(N)C(=O)O)OC(C)=O. The molecule has 0 aliphatic carbocycles. The molecule has 0 aromatic rings. The number of phosphoric acid groups is 1. The molecule has 0 aliphatic rings. The molecule has 2 unspecified atom stereocenters. The van der Waals surface area contributed by atoms with Crippen molar-refractivity contribution in [1.82, 2.24) is 0 Å². The second kappa shape index (κ2) is 8.70. The Balaban J connectivity index is 4.49. The minimum atomic E-state index is -4.78. The van der Waals surface area contributed by atoms with Gasteiger partial charge in [-0.15, -0.1) is 0 Å². The monoisotopic (exact) mass is 329 g/mol. The summed E-state index contributed by atoms with van der Waals surface area (Å²) in [5.74, 6) is -3.08. The number of carbonyl (C=O) groups is 3. The maximum absolute atomic E-state index is 11.4. The molecule has 4 N–H and O–H groups in total. The first-order chi connectivity index (χ1) is 9.53. The van der Waals surface area contributed by atoms with E-state index in [0.717, 1.165) is 13.8 Å². The number of hydrogen-bond acceptors (Lipinski definition) is 9. The summed E-state index contributed by atoms with van der Waals surface area (Å²) in [7, 11) is -4.78. The summed E-state index contributed by atoms with van der Waals surface area (Å²) < 4.78 is 29.1. The highest BCUT2D eigenvalue weighted by molar-refractivity contribution is 7.47. The van der Waals surface area contributed by atoms with E-state index in [2.05, 4.69) is 18.5 Å². The standard InChI is InChI=1S/C9H16NO10P/c1-5(11)17-3-7(19-6(2)12)4-18-21(15,16)20-8(10)9(13)14/h7-8H,3-4,10H2,1-2H3,(H,13,14)(H,15,16)/t7-,8?/m1/s1. The molecule has 0 amide bonds. The smallest absolute Gasteiger partial charge is 0.474 e. The number of carboxylic acid groups (broad SMARTS) is 1. The van der Waals surface area contributed by atoms with E-state index in [0.29, 0.717) is 0 Å². The molecule has 0 spiro atoms. The Labute approximate surface area is 119 Å². The number of esters is 2. The van der Waals surface area contributed by atoms with Crippen molar-refractivity contribution in [3.8, 4) is 0 Å². The highest BCUT2D eigenvalue weighted by Crippen LogP contribution is 2.44. The molecule has 122 valence electrons. The molecule has 0 aromatic heterocycles. The average molecular weight is 329 g/mol. The van der Waals surface area contributed by atoms with Crippen LogP contribution in [0.25, 0.3) is 0 Å². The van der Waals surface area contributed by atoms with Crippen LogP contribution in [-0.4, -0.2) is 53.5 Å². The van der Waals surface area contributed by atoms with E-state index < -0.39 is 51.3 Å². The number of rotatable bonds is 9. The van der Waals surface area contributed by atoms with Crippen molar-refractivity contribution in [2.45, 2.75) is 26.2 Å². The Kier molecular flexibility index (Phi) is 8.07. The number of nitrogens with two attached hydrogens (primary N) is 1. The fraction of sp³-hybridized carbons (Fsp3) is 0.667. The summed E-state index contributed by atoms with van der Waals surface area (Å²) >= 11 is 0. The third-order valence-electron chi connectivity index (χ3n) is 1.72. The lowest BCUT2D eigenvalue weighted by molar-refractivity contribution is -0.158. The van der Waals surface area contributed by atoms with Gasteiger partial charge in [0.1, 0.15) is 6.61 Å². The highest BCUT2D eigenvalue weighted by Gasteiger charge is 2.30. The topological polar surface area (TPSA) is 172 Å². The second-order valence-electron chi connectivity index (χ2n) is 3.66. The van der Waals surface area contributed by atoms with E-state index in [4.69, 9.17) is 10.8 Å². The Hall–Kier alpha value is -1.52. The lowest BCUT2D eigenvalue weighted by Crippen LogP contribution is -2.33. The van der Waals surface area contributed by atoms with Crippen LogP contribution in [0.15, 0.2) is 0 Å². The molecule has 21 heavy (non-hydrogen) atoms. The lowest BCUT2D eigenvalue weighted by atomic mass is 10.4. The third kappa shape index (κ3) is 9.93. The summed E-state index contributed by atoms with van der Waals surface area (Å²) in [4.78, 5) is 41.0. The van der Waals surface area contributed by atoms with Crippen molar-refractivity contribution >= 4 is 25.7 Å². The zero-order chi connectivity index (χ0) is 16.6. The molecular formula is C9H16NO10P. The van der Waals surface area contributed by atoms with Gasteiger partial charge in [0.25, 0.3) is 0 Å². The predicted molar refractivity (Wildman–Crippen MR) is 64.7 cm³/mol. The zero-order valence-corrected chi connectivity index (χ0v) is 12.1. The van der Waals surface area contributed by atoms with Gasteiger partial charge in [-0.1, -0.05) is 0 Å². The van der Waals surface area contributed by atoms with Crippen LogP contribution in [0.4, 0.5) is 0 Å². The van der Waals surface area contributed by atoms with Crippen LogP contribution < -0.4 is 5.73 Å². The van der Waals surface area contributed by atoms with Crippen molar-refractivity contribution < 1.29 is 47.5 Å². The molecule has 0 aromatic carbocycles. The molecule has 0 saturated heterocycles. The van der Waals surface area contributed by atoms with Crippen LogP contribution >= 0.6 is 7.82 Å². The van der Waals surface area contributed by atoms with Crippen LogP contribution in [0.1, 0.15) is 13.8 Å². The Morgan fingerprint density at radius 2 is 1.76 bits per heavy atom. The molecule has 12 heteroatoms. The van der Waals surface area contributed by atoms with Crippen LogP contribution in [0.5, 0.6) is 0 Å². The highest BCUT2D eigenvalue weighted by atomic mass is 31.2. The lowest BCUT2D eigenvalue weighted by Gasteiger charge is -2.19. The van der Waals surface area contributed by atoms with Gasteiger partial charge in [-0.25, -0.2) is 9.36 Å². The maximum Gasteiger partial charge on any atom is 0.474 e. The maximum atomic E-state index is 11.4. The molecule has 11 nitrogen and oxygen atoms in total. The van der Waals surface area contributed by atoms with Gasteiger partial charge >= 0.3 is 25.7 Å². The fourth-order valence-corrected chi connectivity index (χ4v) is 1.75. The van der Waals surface area contributed by atoms with E-state index in [1.165, 1.54) is 0 Å². The van der Waals surface area contributed by atoms with Crippen LogP contribution in [0, 0.1) is 0 Å². The van der Waals surface area contributed by atoms with E-state index >= 15 is 0 Å². The minimum absolute atomic E-state index is 0.417. The molecule has 0 heterocycles. The number of aliphatic carboxylic acids is 1. The van der Waals surface area contributed by atoms with Gasteiger partial charge in [-0.05, 0) is 0 Å². The largest absolute Gasteiger partial charge is 0.478 e. The Morgan fingerprint density at radius 3 is 2.19 bits per heavy atom. The number of hydrogen-bond donors (Lipinski definition) is 3. The predicted octanol–water partition coefficient (Wildman–Crippen LogP) is -1.02. The minimum Gasteiger partial charge on any atom is -0.478 e. The van der Waals surface area contributed by atoms with Gasteiger partial charge in [0.2, 0.25) is 6.23 Å². The van der Waals surface area contributed by atoms with Crippen LogP contribution in [0.2, 0.25) is 0 Å². The first-order valence-corrected chi connectivity index (χ1v) is 6.97. The van der Waals surface area contributed by atoms with Crippen molar-refractivity contribution in [2.24, 2.45) is 5.73 Å². The number of ether oxygens (including phenoxy) is 2. The van der Waals surface area contributed by atoms with Gasteiger partial charge in [-0.2, -0.15) is 0 Å². The molecule has 0 fully saturated rings. The van der Waals surface area contributed by atoms with Crippen molar-refractivity contribution in [1.29, 1.82) is 0 Å². The summed E-state index contributed by atoms with van der Waals surface area (Å²) in [6.45, 7) is 1.08. The molecule has 0 radical (unpaired) electrons. The average Bonchev–Trinajstić information content (AvgIpc) is 2.31. The first-order valence-electron chi connectivity index (χ1n) is 5.48. The third-order valence-corrected chi connectivity index (χ3v) is 2.69. The van der Waals surface area contributed by atoms with E-state index in [1.54, 1.807) is 0 Å². The first kappa shape index (κ1) is 19.5. The fourth-order valence-electron chi connectivity index (χ4n) is 0.958. The van der Waals surface area contributed by atoms with Gasteiger partial charge < -0.3 is 19.5 Å². The zero-order valence-electron chi connectivity index (χ0n) is 11.3. The molecule has 0 saturated carbocycles. The summed E-state index contributed by atoms with van der Waals surface area (Å²) in [5.41, 5.74) is 4.90. The quantitative estimate of drug-likeness (QED) is 0.268. The second-order valence-corrected chi connectivity index (χ2v) is 5.07. The van der Waals surface area contributed by atoms with Crippen LogP contribution in [-0.2, 0) is 37.5 Å². The van der Waals surface area contributed by atoms with Gasteiger partial charge in [0, 0.05) is 13.8 Å².